The van der Waals surface area contributed by atoms with Gasteiger partial charge in [-0.15, -0.1) is 0 Å². The molecule has 1 saturated heterocycles. The number of ether oxygens (including phenoxy) is 1. The first kappa shape index (κ1) is 11.8. The van der Waals surface area contributed by atoms with E-state index in [4.69, 9.17) is 4.74 Å². The summed E-state index contributed by atoms with van der Waals surface area (Å²) in [7, 11) is 0. The zero-order valence-electron chi connectivity index (χ0n) is 10.5. The predicted molar refractivity (Wildman–Crippen MR) is 66.1 cm³/mol. The summed E-state index contributed by atoms with van der Waals surface area (Å²) in [5.74, 6) is 1.90. The zero-order valence-corrected chi connectivity index (χ0v) is 10.5. The Bertz CT molecular complexity index is 257. The molecule has 0 saturated carbocycles. The van der Waals surface area contributed by atoms with Crippen LogP contribution in [0.25, 0.3) is 0 Å². The number of rotatable bonds is 3. The first-order valence-corrected chi connectivity index (χ1v) is 6.69. The lowest BCUT2D eigenvalue weighted by molar-refractivity contribution is 0.0637. The van der Waals surface area contributed by atoms with Gasteiger partial charge in [-0.25, -0.2) is 0 Å². The number of piperidine rings is 1. The van der Waals surface area contributed by atoms with Crippen LogP contribution in [-0.2, 0) is 4.74 Å². The molecule has 92 valence electrons. The highest BCUT2D eigenvalue weighted by Gasteiger charge is 2.27. The summed E-state index contributed by atoms with van der Waals surface area (Å²) in [5.41, 5.74) is 1.34. The van der Waals surface area contributed by atoms with Gasteiger partial charge in [-0.1, -0.05) is 13.8 Å². The second kappa shape index (κ2) is 5.58. The molecular weight excluding hydrogens is 200 g/mol. The topological polar surface area (TPSA) is 33.3 Å². The van der Waals surface area contributed by atoms with E-state index in [0.29, 0.717) is 12.0 Å². The van der Waals surface area contributed by atoms with Gasteiger partial charge in [-0.3, -0.25) is 0 Å². The van der Waals surface area contributed by atoms with Crippen molar-refractivity contribution in [3.8, 4) is 0 Å². The molecule has 2 aliphatic rings. The molecule has 2 aliphatic heterocycles. The molecule has 0 amide bonds. The van der Waals surface area contributed by atoms with Crippen molar-refractivity contribution in [1.82, 2.24) is 10.6 Å². The Balaban J connectivity index is 2.09. The van der Waals surface area contributed by atoms with Gasteiger partial charge in [0.05, 0.1) is 6.54 Å². The van der Waals surface area contributed by atoms with E-state index in [1.54, 1.807) is 0 Å². The van der Waals surface area contributed by atoms with E-state index in [-0.39, 0.29) is 0 Å². The van der Waals surface area contributed by atoms with Crippen LogP contribution in [0, 0.1) is 5.92 Å². The number of allylic oxidation sites excluding steroid dienone is 2. The fourth-order valence-corrected chi connectivity index (χ4v) is 2.57. The van der Waals surface area contributed by atoms with Gasteiger partial charge < -0.3 is 15.4 Å². The average molecular weight is 224 g/mol. The Hall–Kier alpha value is -0.700. The minimum atomic E-state index is 0.375. The van der Waals surface area contributed by atoms with Crippen LogP contribution in [0.5, 0.6) is 0 Å². The summed E-state index contributed by atoms with van der Waals surface area (Å²) in [4.78, 5) is 0. The molecule has 0 aromatic rings. The van der Waals surface area contributed by atoms with E-state index < -0.39 is 0 Å². The maximum atomic E-state index is 6.17. The summed E-state index contributed by atoms with van der Waals surface area (Å²) >= 11 is 0. The molecule has 0 aromatic heterocycles. The standard InChI is InChI=1S/C13H24N2O/c1-3-11-9-15-12(4-2)13(16-11)10-5-7-14-8-6-10/h10-11,14-15H,3-9H2,1-2H3. The van der Waals surface area contributed by atoms with Gasteiger partial charge in [0.1, 0.15) is 11.9 Å². The van der Waals surface area contributed by atoms with Crippen molar-refractivity contribution in [2.75, 3.05) is 19.6 Å². The van der Waals surface area contributed by atoms with Crippen LogP contribution >= 0.6 is 0 Å². The SMILES string of the molecule is CCC1=C(C2CCNCC2)OC(CC)CN1. The van der Waals surface area contributed by atoms with Gasteiger partial charge >= 0.3 is 0 Å². The smallest absolute Gasteiger partial charge is 0.118 e. The van der Waals surface area contributed by atoms with E-state index in [0.717, 1.165) is 32.5 Å². The molecule has 3 nitrogen and oxygen atoms in total. The molecule has 16 heavy (non-hydrogen) atoms. The molecule has 2 rings (SSSR count). The second-order valence-electron chi connectivity index (χ2n) is 4.75. The fraction of sp³-hybridized carbons (Fsp3) is 0.846. The molecule has 1 unspecified atom stereocenters. The summed E-state index contributed by atoms with van der Waals surface area (Å²) in [5, 5.41) is 6.96. The van der Waals surface area contributed by atoms with Gasteiger partial charge in [-0.05, 0) is 38.8 Å². The second-order valence-corrected chi connectivity index (χ2v) is 4.75. The number of hydrogen-bond acceptors (Lipinski definition) is 3. The third kappa shape index (κ3) is 2.51. The van der Waals surface area contributed by atoms with Gasteiger partial charge in [0.2, 0.25) is 0 Å². The molecule has 3 heteroatoms. The average Bonchev–Trinajstić information content (AvgIpc) is 2.39. The summed E-state index contributed by atoms with van der Waals surface area (Å²) in [6.45, 7) is 7.65. The van der Waals surface area contributed by atoms with Crippen molar-refractivity contribution >= 4 is 0 Å². The maximum Gasteiger partial charge on any atom is 0.118 e. The molecule has 0 spiro atoms. The fourth-order valence-electron chi connectivity index (χ4n) is 2.57. The highest BCUT2D eigenvalue weighted by Crippen LogP contribution is 2.29. The van der Waals surface area contributed by atoms with Gasteiger partial charge in [0.25, 0.3) is 0 Å². The quantitative estimate of drug-likeness (QED) is 0.769. The van der Waals surface area contributed by atoms with Crippen molar-refractivity contribution in [3.63, 3.8) is 0 Å². The third-order valence-corrected chi connectivity index (χ3v) is 3.65. The van der Waals surface area contributed by atoms with Crippen LogP contribution in [0.4, 0.5) is 0 Å². The molecule has 1 atom stereocenters. The van der Waals surface area contributed by atoms with Crippen molar-refractivity contribution in [1.29, 1.82) is 0 Å². The van der Waals surface area contributed by atoms with Crippen molar-refractivity contribution < 1.29 is 4.74 Å². The van der Waals surface area contributed by atoms with Crippen molar-refractivity contribution in [2.45, 2.75) is 45.6 Å². The van der Waals surface area contributed by atoms with Gasteiger partial charge in [0, 0.05) is 11.6 Å². The Morgan fingerprint density at radius 3 is 2.62 bits per heavy atom. The number of nitrogens with one attached hydrogen (secondary N) is 2. The Morgan fingerprint density at radius 2 is 2.00 bits per heavy atom. The minimum Gasteiger partial charge on any atom is -0.491 e. The molecule has 0 aliphatic carbocycles. The normalized spacial score (nSPS) is 27.5. The predicted octanol–water partition coefficient (Wildman–Crippen LogP) is 2.01. The van der Waals surface area contributed by atoms with Crippen LogP contribution in [-0.4, -0.2) is 25.7 Å². The lowest BCUT2D eigenvalue weighted by Crippen LogP contribution is -2.38. The van der Waals surface area contributed by atoms with Gasteiger partial charge in [-0.2, -0.15) is 0 Å². The highest BCUT2D eigenvalue weighted by atomic mass is 16.5. The van der Waals surface area contributed by atoms with Crippen LogP contribution in [0.15, 0.2) is 11.5 Å². The summed E-state index contributed by atoms with van der Waals surface area (Å²) in [6.07, 6.45) is 4.97. The van der Waals surface area contributed by atoms with Crippen LogP contribution in [0.3, 0.4) is 0 Å². The highest BCUT2D eigenvalue weighted by molar-refractivity contribution is 5.13. The van der Waals surface area contributed by atoms with E-state index in [2.05, 4.69) is 24.5 Å². The lowest BCUT2D eigenvalue weighted by Gasteiger charge is -2.34. The first-order chi connectivity index (χ1) is 7.85. The van der Waals surface area contributed by atoms with E-state index in [9.17, 15) is 0 Å². The monoisotopic (exact) mass is 224 g/mol. The summed E-state index contributed by atoms with van der Waals surface area (Å²) < 4.78 is 6.17. The number of hydrogen-bond donors (Lipinski definition) is 2. The lowest BCUT2D eigenvalue weighted by atomic mass is 9.93. The van der Waals surface area contributed by atoms with Gasteiger partial charge in [0.15, 0.2) is 0 Å². The van der Waals surface area contributed by atoms with Crippen LogP contribution in [0.2, 0.25) is 0 Å². The third-order valence-electron chi connectivity index (χ3n) is 3.65. The molecule has 0 radical (unpaired) electrons. The molecule has 0 bridgehead atoms. The van der Waals surface area contributed by atoms with E-state index in [1.807, 2.05) is 0 Å². The molecule has 2 heterocycles. The molecular formula is C13H24N2O. The Morgan fingerprint density at radius 1 is 1.25 bits per heavy atom. The largest absolute Gasteiger partial charge is 0.491 e. The van der Waals surface area contributed by atoms with Crippen molar-refractivity contribution in [3.05, 3.63) is 11.5 Å². The van der Waals surface area contributed by atoms with E-state index in [1.165, 1.54) is 24.3 Å². The first-order valence-electron chi connectivity index (χ1n) is 6.69. The van der Waals surface area contributed by atoms with Crippen molar-refractivity contribution in [2.24, 2.45) is 5.92 Å². The maximum absolute atomic E-state index is 6.17. The molecule has 1 fully saturated rings. The Labute approximate surface area is 98.6 Å². The van der Waals surface area contributed by atoms with E-state index >= 15 is 0 Å². The zero-order chi connectivity index (χ0) is 11.4. The van der Waals surface area contributed by atoms with Crippen LogP contribution < -0.4 is 10.6 Å². The summed E-state index contributed by atoms with van der Waals surface area (Å²) in [6, 6.07) is 0. The minimum absolute atomic E-state index is 0.375. The molecule has 0 aromatic carbocycles. The molecule has 2 N–H and O–H groups in total. The van der Waals surface area contributed by atoms with Crippen LogP contribution in [0.1, 0.15) is 39.5 Å². The Kier molecular flexibility index (Phi) is 4.10.